The maximum Gasteiger partial charge on any atom is 0.229 e. The molecule has 0 aliphatic heterocycles. The molecule has 0 saturated carbocycles. The van der Waals surface area contributed by atoms with Gasteiger partial charge in [-0.25, -0.2) is 9.97 Å². The van der Waals surface area contributed by atoms with E-state index in [1.165, 1.54) is 0 Å². The van der Waals surface area contributed by atoms with E-state index < -0.39 is 0 Å². The molecule has 0 fully saturated rings. The lowest BCUT2D eigenvalue weighted by molar-refractivity contribution is -0.115. The first-order chi connectivity index (χ1) is 10.2. The summed E-state index contributed by atoms with van der Waals surface area (Å²) in [6.07, 6.45) is 4.50. The number of carbonyl (C=O) groups is 1. The zero-order valence-electron chi connectivity index (χ0n) is 11.8. The van der Waals surface area contributed by atoms with Gasteiger partial charge in [0.2, 0.25) is 5.91 Å². The second kappa shape index (κ2) is 7.59. The van der Waals surface area contributed by atoms with E-state index in [1.807, 2.05) is 12.1 Å². The third-order valence-electron chi connectivity index (χ3n) is 2.82. The van der Waals surface area contributed by atoms with E-state index in [0.29, 0.717) is 5.69 Å². The Balaban J connectivity index is 2.04. The molecule has 0 atom stereocenters. The van der Waals surface area contributed by atoms with Crippen molar-refractivity contribution in [2.45, 2.75) is 19.8 Å². The van der Waals surface area contributed by atoms with Crippen molar-refractivity contribution in [1.82, 2.24) is 9.97 Å². The molecule has 0 bridgehead atoms. The predicted octanol–water partition coefficient (Wildman–Crippen LogP) is 3.13. The lowest BCUT2D eigenvalue weighted by Crippen LogP contribution is -2.16. The molecule has 0 unspecified atom stereocenters. The highest BCUT2D eigenvalue weighted by Crippen LogP contribution is 2.18. The third kappa shape index (κ3) is 4.43. The number of nitrogens with zero attached hydrogens (tertiary/aromatic N) is 2. The molecule has 2 aromatic heterocycles. The van der Waals surface area contributed by atoms with E-state index in [9.17, 15) is 4.79 Å². The van der Waals surface area contributed by atoms with Crippen LogP contribution in [-0.4, -0.2) is 22.4 Å². The first-order valence-electron chi connectivity index (χ1n) is 6.79. The number of hydrogen-bond acceptors (Lipinski definition) is 4. The Labute approximate surface area is 128 Å². The SMILES string of the molecule is CCCNc1ncccc1CC(=O)Nc1cccnc1Cl. The Hall–Kier alpha value is -2.14. The van der Waals surface area contributed by atoms with Crippen molar-refractivity contribution in [3.05, 3.63) is 47.4 Å². The van der Waals surface area contributed by atoms with Gasteiger partial charge in [-0.3, -0.25) is 4.79 Å². The summed E-state index contributed by atoms with van der Waals surface area (Å²) in [7, 11) is 0. The second-order valence-corrected chi connectivity index (χ2v) is 4.86. The molecule has 21 heavy (non-hydrogen) atoms. The van der Waals surface area contributed by atoms with Crippen LogP contribution in [-0.2, 0) is 11.2 Å². The molecule has 1 amide bonds. The van der Waals surface area contributed by atoms with Gasteiger partial charge in [0.05, 0.1) is 12.1 Å². The van der Waals surface area contributed by atoms with Crippen molar-refractivity contribution in [1.29, 1.82) is 0 Å². The molecular weight excluding hydrogens is 288 g/mol. The topological polar surface area (TPSA) is 66.9 Å². The molecular formula is C15H17ClN4O. The summed E-state index contributed by atoms with van der Waals surface area (Å²) in [5, 5.41) is 6.25. The maximum absolute atomic E-state index is 12.1. The number of hydrogen-bond donors (Lipinski definition) is 2. The Bertz CT molecular complexity index is 618. The Morgan fingerprint density at radius 1 is 1.24 bits per heavy atom. The van der Waals surface area contributed by atoms with Crippen molar-refractivity contribution in [2.75, 3.05) is 17.2 Å². The number of halogens is 1. The predicted molar refractivity (Wildman–Crippen MR) is 84.6 cm³/mol. The fraction of sp³-hybridized carbons (Fsp3) is 0.267. The highest BCUT2D eigenvalue weighted by atomic mass is 35.5. The molecule has 6 heteroatoms. The smallest absolute Gasteiger partial charge is 0.229 e. The molecule has 110 valence electrons. The molecule has 0 saturated heterocycles. The van der Waals surface area contributed by atoms with E-state index in [-0.39, 0.29) is 17.5 Å². The zero-order chi connectivity index (χ0) is 15.1. The number of anilines is 2. The largest absolute Gasteiger partial charge is 0.370 e. The van der Waals surface area contributed by atoms with E-state index in [1.54, 1.807) is 24.5 Å². The molecule has 2 heterocycles. The number of carbonyl (C=O) groups excluding carboxylic acids is 1. The molecule has 5 nitrogen and oxygen atoms in total. The van der Waals surface area contributed by atoms with Gasteiger partial charge in [-0.15, -0.1) is 0 Å². The first kappa shape index (κ1) is 15.3. The number of rotatable bonds is 6. The van der Waals surface area contributed by atoms with Gasteiger partial charge in [-0.05, 0) is 24.6 Å². The van der Waals surface area contributed by atoms with E-state index in [2.05, 4.69) is 27.5 Å². The molecule has 2 N–H and O–H groups in total. The monoisotopic (exact) mass is 304 g/mol. The van der Waals surface area contributed by atoms with E-state index in [4.69, 9.17) is 11.6 Å². The normalized spacial score (nSPS) is 10.2. The van der Waals surface area contributed by atoms with Gasteiger partial charge in [0.25, 0.3) is 0 Å². The molecule has 0 aliphatic carbocycles. The fourth-order valence-corrected chi connectivity index (χ4v) is 2.00. The average molecular weight is 305 g/mol. The number of aromatic nitrogens is 2. The molecule has 0 aromatic carbocycles. The first-order valence-corrected chi connectivity index (χ1v) is 7.16. The second-order valence-electron chi connectivity index (χ2n) is 4.50. The van der Waals surface area contributed by atoms with Gasteiger partial charge in [-0.1, -0.05) is 24.6 Å². The van der Waals surface area contributed by atoms with Crippen LogP contribution in [0.25, 0.3) is 0 Å². The van der Waals surface area contributed by atoms with Gasteiger partial charge in [-0.2, -0.15) is 0 Å². The van der Waals surface area contributed by atoms with Gasteiger partial charge < -0.3 is 10.6 Å². The van der Waals surface area contributed by atoms with Gasteiger partial charge in [0.15, 0.2) is 5.15 Å². The van der Waals surface area contributed by atoms with E-state index in [0.717, 1.165) is 24.3 Å². The minimum atomic E-state index is -0.155. The summed E-state index contributed by atoms with van der Waals surface area (Å²) < 4.78 is 0. The fourth-order valence-electron chi connectivity index (χ4n) is 1.83. The summed E-state index contributed by atoms with van der Waals surface area (Å²) in [5.41, 5.74) is 1.36. The van der Waals surface area contributed by atoms with Crippen LogP contribution < -0.4 is 10.6 Å². The van der Waals surface area contributed by atoms with Crippen molar-refractivity contribution in [2.24, 2.45) is 0 Å². The minimum absolute atomic E-state index is 0.155. The number of amides is 1. The van der Waals surface area contributed by atoms with Crippen molar-refractivity contribution >= 4 is 29.0 Å². The highest BCUT2D eigenvalue weighted by Gasteiger charge is 2.10. The maximum atomic E-state index is 12.1. The molecule has 0 radical (unpaired) electrons. The Morgan fingerprint density at radius 2 is 2.00 bits per heavy atom. The highest BCUT2D eigenvalue weighted by molar-refractivity contribution is 6.32. The summed E-state index contributed by atoms with van der Waals surface area (Å²) in [6, 6.07) is 7.14. The Kier molecular flexibility index (Phi) is 5.51. The van der Waals surface area contributed by atoms with Crippen LogP contribution >= 0.6 is 11.6 Å². The summed E-state index contributed by atoms with van der Waals surface area (Å²) in [6.45, 7) is 2.90. The minimum Gasteiger partial charge on any atom is -0.370 e. The van der Waals surface area contributed by atoms with Crippen LogP contribution in [0.4, 0.5) is 11.5 Å². The van der Waals surface area contributed by atoms with Gasteiger partial charge >= 0.3 is 0 Å². The van der Waals surface area contributed by atoms with Crippen LogP contribution in [0.5, 0.6) is 0 Å². The number of nitrogens with one attached hydrogen (secondary N) is 2. The van der Waals surface area contributed by atoms with E-state index >= 15 is 0 Å². The van der Waals surface area contributed by atoms with Crippen LogP contribution in [0.15, 0.2) is 36.7 Å². The Morgan fingerprint density at radius 3 is 2.76 bits per heavy atom. The third-order valence-corrected chi connectivity index (χ3v) is 3.12. The van der Waals surface area contributed by atoms with Crippen LogP contribution in [0.1, 0.15) is 18.9 Å². The molecule has 2 aromatic rings. The standard InChI is InChI=1S/C15H17ClN4O/c1-2-7-18-15-11(5-3-9-19-15)10-13(21)20-12-6-4-8-17-14(12)16/h3-6,8-9H,2,7,10H2,1H3,(H,18,19)(H,20,21). The summed E-state index contributed by atoms with van der Waals surface area (Å²) >= 11 is 5.92. The van der Waals surface area contributed by atoms with Gasteiger partial charge in [0, 0.05) is 24.5 Å². The summed E-state index contributed by atoms with van der Waals surface area (Å²) in [4.78, 5) is 20.3. The van der Waals surface area contributed by atoms with Crippen molar-refractivity contribution < 1.29 is 4.79 Å². The lowest BCUT2D eigenvalue weighted by Gasteiger charge is -2.10. The van der Waals surface area contributed by atoms with Crippen molar-refractivity contribution in [3.8, 4) is 0 Å². The van der Waals surface area contributed by atoms with Crippen LogP contribution in [0, 0.1) is 0 Å². The number of pyridine rings is 2. The van der Waals surface area contributed by atoms with Crippen LogP contribution in [0.3, 0.4) is 0 Å². The molecule has 2 rings (SSSR count). The van der Waals surface area contributed by atoms with Crippen molar-refractivity contribution in [3.63, 3.8) is 0 Å². The molecule has 0 aliphatic rings. The zero-order valence-corrected chi connectivity index (χ0v) is 12.5. The quantitative estimate of drug-likeness (QED) is 0.805. The van der Waals surface area contributed by atoms with Gasteiger partial charge in [0.1, 0.15) is 5.82 Å². The average Bonchev–Trinajstić information content (AvgIpc) is 2.49. The molecule has 0 spiro atoms. The van der Waals surface area contributed by atoms with Crippen LogP contribution in [0.2, 0.25) is 5.15 Å². The lowest BCUT2D eigenvalue weighted by atomic mass is 10.1. The summed E-state index contributed by atoms with van der Waals surface area (Å²) in [5.74, 6) is 0.587.